The summed E-state index contributed by atoms with van der Waals surface area (Å²) in [5.74, 6) is 9.44. The third kappa shape index (κ3) is 181. The lowest BCUT2D eigenvalue weighted by Crippen LogP contribution is -2.32. The maximum atomic E-state index is 4.72. The third-order valence-electron chi connectivity index (χ3n) is 0.500. The van der Waals surface area contributed by atoms with E-state index < -0.39 is 0 Å². The van der Waals surface area contributed by atoms with Crippen LogP contribution in [-0.4, -0.2) is 12.2 Å². The Hall–Kier alpha value is -0.120. The summed E-state index contributed by atoms with van der Waals surface area (Å²) in [7, 11) is 1.56. The molecule has 0 aromatic heterocycles. The maximum absolute atomic E-state index is 4.72. The number of rotatable bonds is 1. The molecule has 0 aromatic rings. The van der Waals surface area contributed by atoms with E-state index in [9.17, 15) is 0 Å². The molecule has 0 unspecified atom stereocenters. The predicted octanol–water partition coefficient (Wildman–Crippen LogP) is 0.472. The number of hydrogen-bond donors (Lipinski definition) is 2. The van der Waals surface area contributed by atoms with Crippen LogP contribution in [0.5, 0.6) is 0 Å². The van der Waals surface area contributed by atoms with Crippen LogP contribution in [0.25, 0.3) is 0 Å². The summed E-state index contributed by atoms with van der Waals surface area (Å²) in [6, 6.07) is 0. The fourth-order valence-electron chi connectivity index (χ4n) is 0. The highest BCUT2D eigenvalue weighted by Crippen LogP contribution is 1.76. The quantitative estimate of drug-likeness (QED) is 0.390. The zero-order chi connectivity index (χ0) is 6.99. The van der Waals surface area contributed by atoms with E-state index in [4.69, 9.17) is 11.7 Å². The SMILES string of the molecule is CCCC.CN(N)N. The average molecular weight is 119 g/mol. The molecule has 4 N–H and O–H groups in total. The van der Waals surface area contributed by atoms with Crippen LogP contribution in [0, 0.1) is 0 Å². The van der Waals surface area contributed by atoms with Gasteiger partial charge in [-0.3, -0.25) is 11.7 Å². The van der Waals surface area contributed by atoms with E-state index >= 15 is 0 Å². The van der Waals surface area contributed by atoms with Crippen molar-refractivity contribution in [1.29, 1.82) is 0 Å². The van der Waals surface area contributed by atoms with Crippen molar-refractivity contribution in [2.45, 2.75) is 26.7 Å². The zero-order valence-corrected chi connectivity index (χ0v) is 6.02. The van der Waals surface area contributed by atoms with Gasteiger partial charge in [0, 0.05) is 7.05 Å². The number of nitrogens with zero attached hydrogens (tertiary/aromatic N) is 1. The van der Waals surface area contributed by atoms with Crippen molar-refractivity contribution < 1.29 is 0 Å². The van der Waals surface area contributed by atoms with Gasteiger partial charge >= 0.3 is 0 Å². The van der Waals surface area contributed by atoms with Crippen molar-refractivity contribution in [3.8, 4) is 0 Å². The van der Waals surface area contributed by atoms with E-state index in [1.807, 2.05) is 0 Å². The Morgan fingerprint density at radius 1 is 1.12 bits per heavy atom. The molecular weight excluding hydrogens is 102 g/mol. The highest BCUT2D eigenvalue weighted by atomic mass is 15.6. The standard InChI is InChI=1S/C4H10.CH7N3/c1-3-4-2;1-4(2)3/h3-4H2,1-2H3;2-3H2,1H3. The van der Waals surface area contributed by atoms with Crippen LogP contribution in [0.1, 0.15) is 26.7 Å². The largest absolute Gasteiger partial charge is 0.256 e. The van der Waals surface area contributed by atoms with Crippen molar-refractivity contribution in [2.24, 2.45) is 11.7 Å². The molecule has 3 nitrogen and oxygen atoms in total. The molecule has 0 amide bonds. The molecule has 0 aliphatic rings. The van der Waals surface area contributed by atoms with Gasteiger partial charge in [0.1, 0.15) is 0 Å². The van der Waals surface area contributed by atoms with Gasteiger partial charge in [-0.15, -0.1) is 0 Å². The van der Waals surface area contributed by atoms with Crippen molar-refractivity contribution >= 4 is 0 Å². The number of unbranched alkanes of at least 4 members (excludes halogenated alkanes) is 1. The molecule has 0 atom stereocenters. The first kappa shape index (κ1) is 10.8. The molecule has 0 aliphatic heterocycles. The fourth-order valence-corrected chi connectivity index (χ4v) is 0. The number of hydrazine groups is 2. The zero-order valence-electron chi connectivity index (χ0n) is 6.02. The summed E-state index contributed by atoms with van der Waals surface area (Å²) >= 11 is 0. The Bertz CT molecular complexity index is 24.1. The van der Waals surface area contributed by atoms with E-state index in [2.05, 4.69) is 13.8 Å². The van der Waals surface area contributed by atoms with Crippen molar-refractivity contribution in [3.05, 3.63) is 0 Å². The lowest BCUT2D eigenvalue weighted by molar-refractivity contribution is 0.366. The second kappa shape index (κ2) is 9.99. The van der Waals surface area contributed by atoms with Crippen molar-refractivity contribution in [2.75, 3.05) is 7.05 Å². The molecule has 3 heteroatoms. The van der Waals surface area contributed by atoms with Gasteiger partial charge in [-0.1, -0.05) is 26.7 Å². The second-order valence-electron chi connectivity index (χ2n) is 1.67. The van der Waals surface area contributed by atoms with Crippen LogP contribution in [0.4, 0.5) is 0 Å². The first-order valence-corrected chi connectivity index (χ1v) is 2.88. The summed E-state index contributed by atoms with van der Waals surface area (Å²) in [6.07, 6.45) is 2.64. The van der Waals surface area contributed by atoms with E-state index in [-0.39, 0.29) is 0 Å². The second-order valence-corrected chi connectivity index (χ2v) is 1.67. The van der Waals surface area contributed by atoms with Gasteiger partial charge in [0.25, 0.3) is 0 Å². The van der Waals surface area contributed by atoms with E-state index in [0.717, 1.165) is 5.12 Å². The molecule has 0 heterocycles. The smallest absolute Gasteiger partial charge is 0.0169 e. The first-order valence-electron chi connectivity index (χ1n) is 2.88. The molecule has 8 heavy (non-hydrogen) atoms. The molecule has 0 saturated carbocycles. The molecule has 0 fully saturated rings. The van der Waals surface area contributed by atoms with Gasteiger partial charge in [-0.2, -0.15) is 5.12 Å². The first-order chi connectivity index (χ1) is 3.65. The molecule has 0 aromatic carbocycles. The van der Waals surface area contributed by atoms with Gasteiger partial charge in [-0.25, -0.2) is 0 Å². The predicted molar refractivity (Wildman–Crippen MR) is 36.7 cm³/mol. The van der Waals surface area contributed by atoms with Gasteiger partial charge in [0.05, 0.1) is 0 Å². The van der Waals surface area contributed by atoms with Crippen molar-refractivity contribution in [1.82, 2.24) is 5.12 Å². The molecule has 0 spiro atoms. The van der Waals surface area contributed by atoms with E-state index in [0.29, 0.717) is 0 Å². The molecule has 0 rings (SSSR count). The molecule has 0 saturated heterocycles. The van der Waals surface area contributed by atoms with Crippen LogP contribution < -0.4 is 11.7 Å². The van der Waals surface area contributed by atoms with Crippen LogP contribution in [0.15, 0.2) is 0 Å². The number of hydrogen-bond acceptors (Lipinski definition) is 3. The lowest BCUT2D eigenvalue weighted by atomic mass is 10.4. The Labute approximate surface area is 51.6 Å². The molecule has 52 valence electrons. The molecular formula is C5H17N3. The topological polar surface area (TPSA) is 55.3 Å². The van der Waals surface area contributed by atoms with Gasteiger partial charge in [0.15, 0.2) is 0 Å². The van der Waals surface area contributed by atoms with Gasteiger partial charge in [-0.05, 0) is 0 Å². The number of nitrogens with two attached hydrogens (primary N) is 2. The Balaban J connectivity index is 0. The van der Waals surface area contributed by atoms with Gasteiger partial charge < -0.3 is 0 Å². The monoisotopic (exact) mass is 119 g/mol. The van der Waals surface area contributed by atoms with E-state index in [1.54, 1.807) is 7.05 Å². The van der Waals surface area contributed by atoms with Crippen LogP contribution >= 0.6 is 0 Å². The van der Waals surface area contributed by atoms with Crippen molar-refractivity contribution in [3.63, 3.8) is 0 Å². The Morgan fingerprint density at radius 3 is 1.25 bits per heavy atom. The summed E-state index contributed by atoms with van der Waals surface area (Å²) < 4.78 is 0. The van der Waals surface area contributed by atoms with E-state index in [1.165, 1.54) is 12.8 Å². The average Bonchev–Trinajstić information content (AvgIpc) is 1.65. The molecule has 0 radical (unpaired) electrons. The highest BCUT2D eigenvalue weighted by molar-refractivity contribution is 4.12. The summed E-state index contributed by atoms with van der Waals surface area (Å²) in [5.41, 5.74) is 0. The molecule has 0 bridgehead atoms. The minimum atomic E-state index is 1.00. The normalized spacial score (nSPS) is 8.25. The van der Waals surface area contributed by atoms with Gasteiger partial charge in [0.2, 0.25) is 0 Å². The van der Waals surface area contributed by atoms with Crippen LogP contribution in [-0.2, 0) is 0 Å². The van der Waals surface area contributed by atoms with Crippen LogP contribution in [0.2, 0.25) is 0 Å². The minimum absolute atomic E-state index is 1.00. The minimum Gasteiger partial charge on any atom is -0.256 e. The maximum Gasteiger partial charge on any atom is 0.0169 e. The summed E-state index contributed by atoms with van der Waals surface area (Å²) in [6.45, 7) is 4.36. The Morgan fingerprint density at radius 2 is 1.25 bits per heavy atom. The Kier molecular flexibility index (Phi) is 13.5. The fraction of sp³-hybridized carbons (Fsp3) is 1.00. The lowest BCUT2D eigenvalue weighted by Gasteiger charge is -1.91. The highest BCUT2D eigenvalue weighted by Gasteiger charge is 1.56. The third-order valence-corrected chi connectivity index (χ3v) is 0.500. The van der Waals surface area contributed by atoms with Crippen LogP contribution in [0.3, 0.4) is 0 Å². The summed E-state index contributed by atoms with van der Waals surface area (Å²) in [5, 5.41) is 1.00. The molecule has 0 aliphatic carbocycles. The summed E-state index contributed by atoms with van der Waals surface area (Å²) in [4.78, 5) is 0.